The zero-order valence-electron chi connectivity index (χ0n) is 8.81. The second-order valence-electron chi connectivity index (χ2n) is 3.48. The summed E-state index contributed by atoms with van der Waals surface area (Å²) in [4.78, 5) is 10.2. The number of carboxylic acid groups (broad SMARTS) is 1. The molecule has 0 spiro atoms. The number of benzene rings is 1. The van der Waals surface area contributed by atoms with Crippen molar-refractivity contribution in [3.63, 3.8) is 0 Å². The van der Waals surface area contributed by atoms with Crippen LogP contribution in [0.3, 0.4) is 0 Å². The van der Waals surface area contributed by atoms with Gasteiger partial charge in [-0.25, -0.2) is 4.79 Å². The molecule has 1 rings (SSSR count). The number of carboxylic acids is 1. The topological polar surface area (TPSA) is 46.5 Å². The number of rotatable bonds is 4. The van der Waals surface area contributed by atoms with E-state index in [1.165, 1.54) is 5.56 Å². The molecule has 3 heteroatoms. The molecule has 0 heterocycles. The van der Waals surface area contributed by atoms with E-state index in [0.29, 0.717) is 11.7 Å². The van der Waals surface area contributed by atoms with E-state index in [4.69, 9.17) is 9.84 Å². The molecule has 15 heavy (non-hydrogen) atoms. The molecule has 1 N–H and O–H groups in total. The third kappa shape index (κ3) is 3.85. The highest BCUT2D eigenvalue weighted by Crippen LogP contribution is 2.18. The summed E-state index contributed by atoms with van der Waals surface area (Å²) in [5.41, 5.74) is 1.23. The summed E-state index contributed by atoms with van der Waals surface area (Å²) >= 11 is 0. The lowest BCUT2D eigenvalue weighted by molar-refractivity contribution is -0.131. The Hall–Kier alpha value is -1.77. The summed E-state index contributed by atoms with van der Waals surface area (Å²) in [6.45, 7) is 4.22. The minimum atomic E-state index is -1.02. The van der Waals surface area contributed by atoms with Gasteiger partial charge in [0.05, 0.1) is 12.3 Å². The number of carbonyl (C=O) groups is 1. The minimum Gasteiger partial charge on any atom is -0.478 e. The Morgan fingerprint density at radius 2 is 1.93 bits per heavy atom. The molecule has 0 aliphatic carbocycles. The number of aliphatic carboxylic acids is 1. The van der Waals surface area contributed by atoms with Crippen LogP contribution in [-0.4, -0.2) is 11.1 Å². The number of ether oxygens (including phenoxy) is 1. The first-order chi connectivity index (χ1) is 7.09. The van der Waals surface area contributed by atoms with E-state index >= 15 is 0 Å². The first kappa shape index (κ1) is 11.3. The summed E-state index contributed by atoms with van der Waals surface area (Å²) in [7, 11) is 0. The molecule has 3 nitrogen and oxygen atoms in total. The first-order valence-corrected chi connectivity index (χ1v) is 4.75. The molecule has 0 amide bonds. The minimum absolute atomic E-state index is 0.480. The van der Waals surface area contributed by atoms with Gasteiger partial charge in [-0.15, -0.1) is 0 Å². The molecule has 80 valence electrons. The highest BCUT2D eigenvalue weighted by molar-refractivity contribution is 5.79. The van der Waals surface area contributed by atoms with Crippen molar-refractivity contribution in [1.29, 1.82) is 0 Å². The normalized spacial score (nSPS) is 10.9. The van der Waals surface area contributed by atoms with Crippen LogP contribution >= 0.6 is 0 Å². The van der Waals surface area contributed by atoms with Crippen molar-refractivity contribution in [2.45, 2.75) is 19.8 Å². The van der Waals surface area contributed by atoms with Crippen molar-refractivity contribution in [1.82, 2.24) is 0 Å². The molecule has 1 aromatic carbocycles. The van der Waals surface area contributed by atoms with Crippen LogP contribution in [0.2, 0.25) is 0 Å². The summed E-state index contributed by atoms with van der Waals surface area (Å²) in [5, 5.41) is 8.34. The summed E-state index contributed by atoms with van der Waals surface area (Å²) in [6.07, 6.45) is 2.11. The van der Waals surface area contributed by atoms with Gasteiger partial charge in [0.15, 0.2) is 0 Å². The predicted octanol–water partition coefficient (Wildman–Crippen LogP) is 2.79. The van der Waals surface area contributed by atoms with Crippen LogP contribution in [-0.2, 0) is 4.79 Å². The lowest BCUT2D eigenvalue weighted by Gasteiger charge is -2.05. The molecule has 0 radical (unpaired) electrons. The zero-order valence-corrected chi connectivity index (χ0v) is 8.81. The SMILES string of the molecule is CC(C)c1ccc(O/C=C/C(=O)O)cc1. The van der Waals surface area contributed by atoms with Crippen LogP contribution < -0.4 is 4.74 Å². The molecule has 0 saturated heterocycles. The van der Waals surface area contributed by atoms with Gasteiger partial charge >= 0.3 is 5.97 Å². The fraction of sp³-hybridized carbons (Fsp3) is 0.250. The third-order valence-corrected chi connectivity index (χ3v) is 1.96. The zero-order chi connectivity index (χ0) is 11.3. The maximum Gasteiger partial charge on any atom is 0.331 e. The Morgan fingerprint density at radius 3 is 2.40 bits per heavy atom. The monoisotopic (exact) mass is 206 g/mol. The average molecular weight is 206 g/mol. The van der Waals surface area contributed by atoms with Crippen molar-refractivity contribution >= 4 is 5.97 Å². The van der Waals surface area contributed by atoms with Crippen molar-refractivity contribution in [2.24, 2.45) is 0 Å². The van der Waals surface area contributed by atoms with Crippen LogP contribution in [0, 0.1) is 0 Å². The largest absolute Gasteiger partial charge is 0.478 e. The van der Waals surface area contributed by atoms with Crippen LogP contribution in [0.1, 0.15) is 25.3 Å². The van der Waals surface area contributed by atoms with Crippen molar-refractivity contribution in [2.75, 3.05) is 0 Å². The summed E-state index contributed by atoms with van der Waals surface area (Å²) in [5.74, 6) is 0.0966. The Labute approximate surface area is 89.0 Å². The van der Waals surface area contributed by atoms with Crippen molar-refractivity contribution < 1.29 is 14.6 Å². The van der Waals surface area contributed by atoms with Crippen molar-refractivity contribution in [3.8, 4) is 5.75 Å². The van der Waals surface area contributed by atoms with E-state index in [2.05, 4.69) is 13.8 Å². The second-order valence-corrected chi connectivity index (χ2v) is 3.48. The van der Waals surface area contributed by atoms with E-state index in [1.54, 1.807) is 0 Å². The summed E-state index contributed by atoms with van der Waals surface area (Å²) < 4.78 is 5.09. The van der Waals surface area contributed by atoms with Crippen LogP contribution in [0.5, 0.6) is 5.75 Å². The first-order valence-electron chi connectivity index (χ1n) is 4.75. The van der Waals surface area contributed by atoms with Crippen LogP contribution in [0.4, 0.5) is 0 Å². The van der Waals surface area contributed by atoms with Crippen LogP contribution in [0.25, 0.3) is 0 Å². The smallest absolute Gasteiger partial charge is 0.331 e. The van der Waals surface area contributed by atoms with E-state index in [-0.39, 0.29) is 0 Å². The van der Waals surface area contributed by atoms with Gasteiger partial charge in [0, 0.05) is 0 Å². The maximum absolute atomic E-state index is 10.2. The molecular formula is C12H14O3. The van der Waals surface area contributed by atoms with E-state index in [1.807, 2.05) is 24.3 Å². The molecule has 0 bridgehead atoms. The molecule has 0 fully saturated rings. The third-order valence-electron chi connectivity index (χ3n) is 1.96. The molecule has 0 aliphatic rings. The lowest BCUT2D eigenvalue weighted by atomic mass is 10.0. The molecule has 0 aromatic heterocycles. The predicted molar refractivity (Wildman–Crippen MR) is 57.9 cm³/mol. The quantitative estimate of drug-likeness (QED) is 0.608. The molecule has 0 aliphatic heterocycles. The summed E-state index contributed by atoms with van der Waals surface area (Å²) in [6, 6.07) is 7.58. The lowest BCUT2D eigenvalue weighted by Crippen LogP contribution is -1.90. The van der Waals surface area contributed by atoms with Gasteiger partial charge in [-0.3, -0.25) is 0 Å². The fourth-order valence-electron chi connectivity index (χ4n) is 1.10. The highest BCUT2D eigenvalue weighted by Gasteiger charge is 1.98. The number of hydrogen-bond acceptors (Lipinski definition) is 2. The van der Waals surface area contributed by atoms with Gasteiger partial charge in [0.25, 0.3) is 0 Å². The van der Waals surface area contributed by atoms with Gasteiger partial charge in [0.1, 0.15) is 5.75 Å². The van der Waals surface area contributed by atoms with Gasteiger partial charge in [-0.05, 0) is 23.6 Å². The molecule has 0 saturated carbocycles. The van der Waals surface area contributed by atoms with Gasteiger partial charge in [0.2, 0.25) is 0 Å². The molecule has 0 unspecified atom stereocenters. The maximum atomic E-state index is 10.2. The van der Waals surface area contributed by atoms with E-state index in [0.717, 1.165) is 12.3 Å². The van der Waals surface area contributed by atoms with Gasteiger partial charge in [-0.1, -0.05) is 26.0 Å². The molecule has 1 aromatic rings. The van der Waals surface area contributed by atoms with E-state index < -0.39 is 5.97 Å². The molecule has 0 atom stereocenters. The standard InChI is InChI=1S/C12H14O3/c1-9(2)10-3-5-11(6-4-10)15-8-7-12(13)14/h3-9H,1-2H3,(H,13,14)/b8-7+. The van der Waals surface area contributed by atoms with Crippen molar-refractivity contribution in [3.05, 3.63) is 42.2 Å². The number of hydrogen-bond donors (Lipinski definition) is 1. The average Bonchev–Trinajstić information content (AvgIpc) is 2.18. The Balaban J connectivity index is 2.61. The molecular weight excluding hydrogens is 192 g/mol. The van der Waals surface area contributed by atoms with Crippen LogP contribution in [0.15, 0.2) is 36.6 Å². The Bertz CT molecular complexity index is 350. The van der Waals surface area contributed by atoms with E-state index in [9.17, 15) is 4.79 Å². The van der Waals surface area contributed by atoms with Gasteiger partial charge in [-0.2, -0.15) is 0 Å². The fourth-order valence-corrected chi connectivity index (χ4v) is 1.10. The Kier molecular flexibility index (Phi) is 3.92. The van der Waals surface area contributed by atoms with Gasteiger partial charge < -0.3 is 9.84 Å². The second kappa shape index (κ2) is 5.20. The highest BCUT2D eigenvalue weighted by atomic mass is 16.5. The Morgan fingerprint density at radius 1 is 1.33 bits per heavy atom.